The number of carbonyl (C=O) groups is 1. The molecule has 1 saturated heterocycles. The fourth-order valence-corrected chi connectivity index (χ4v) is 4.15. The number of carbonyl (C=O) groups excluding carboxylic acids is 1. The van der Waals surface area contributed by atoms with Crippen LogP contribution in [0.2, 0.25) is 0 Å². The first-order valence-electron chi connectivity index (χ1n) is 8.14. The van der Waals surface area contributed by atoms with Gasteiger partial charge in [-0.25, -0.2) is 12.7 Å². The van der Waals surface area contributed by atoms with Crippen LogP contribution in [0.1, 0.15) is 18.7 Å². The van der Waals surface area contributed by atoms with Crippen molar-refractivity contribution in [3.8, 4) is 11.4 Å². The maximum absolute atomic E-state index is 12.3. The summed E-state index contributed by atoms with van der Waals surface area (Å²) < 4.78 is 30.7. The number of sulfonamides is 1. The summed E-state index contributed by atoms with van der Waals surface area (Å²) in [5, 5.41) is 6.67. The normalized spacial score (nSPS) is 18.6. The molecule has 0 saturated carbocycles. The Morgan fingerprint density at radius 3 is 3.00 bits per heavy atom. The number of nitrogens with one attached hydrogen (secondary N) is 1. The Bertz CT molecular complexity index is 899. The van der Waals surface area contributed by atoms with Gasteiger partial charge in [-0.1, -0.05) is 33.2 Å². The lowest BCUT2D eigenvalue weighted by atomic mass is 9.99. The van der Waals surface area contributed by atoms with Crippen LogP contribution in [-0.4, -0.2) is 48.1 Å². The minimum absolute atomic E-state index is 0.106. The fraction of sp³-hybridized carbons (Fsp3) is 0.438. The smallest absolute Gasteiger partial charge is 0.246 e. The van der Waals surface area contributed by atoms with E-state index in [1.807, 2.05) is 24.3 Å². The summed E-state index contributed by atoms with van der Waals surface area (Å²) in [5.74, 6) is 0.159. The molecule has 1 aromatic heterocycles. The van der Waals surface area contributed by atoms with E-state index in [0.717, 1.165) is 16.3 Å². The summed E-state index contributed by atoms with van der Waals surface area (Å²) in [5.41, 5.74) is 0.803. The largest absolute Gasteiger partial charge is 0.347 e. The number of benzene rings is 1. The van der Waals surface area contributed by atoms with Gasteiger partial charge in [0.1, 0.15) is 0 Å². The molecule has 1 aliphatic rings. The van der Waals surface area contributed by atoms with E-state index >= 15 is 0 Å². The molecule has 1 aliphatic heterocycles. The second-order valence-electron chi connectivity index (χ2n) is 6.20. The molecule has 26 heavy (non-hydrogen) atoms. The van der Waals surface area contributed by atoms with Gasteiger partial charge in [-0.05, 0) is 25.0 Å². The SMILES string of the molecule is CS(=O)(=O)N1CCC[C@H](C(=O)NCc2nc(-c3cccc(Br)c3)no2)C1. The number of hydrogen-bond acceptors (Lipinski definition) is 6. The van der Waals surface area contributed by atoms with Crippen molar-refractivity contribution in [1.29, 1.82) is 0 Å². The van der Waals surface area contributed by atoms with Crippen LogP contribution < -0.4 is 5.32 Å². The van der Waals surface area contributed by atoms with Crippen molar-refractivity contribution in [2.24, 2.45) is 5.92 Å². The van der Waals surface area contributed by atoms with Crippen LogP contribution in [0.4, 0.5) is 0 Å². The van der Waals surface area contributed by atoms with E-state index < -0.39 is 10.0 Å². The van der Waals surface area contributed by atoms with Crippen molar-refractivity contribution in [1.82, 2.24) is 19.8 Å². The number of nitrogens with zero attached hydrogens (tertiary/aromatic N) is 3. The highest BCUT2D eigenvalue weighted by molar-refractivity contribution is 9.10. The van der Waals surface area contributed by atoms with E-state index in [9.17, 15) is 13.2 Å². The van der Waals surface area contributed by atoms with E-state index in [4.69, 9.17) is 4.52 Å². The van der Waals surface area contributed by atoms with Crippen LogP contribution in [0.15, 0.2) is 33.3 Å². The van der Waals surface area contributed by atoms with Crippen molar-refractivity contribution in [3.05, 3.63) is 34.6 Å². The molecule has 10 heteroatoms. The predicted molar refractivity (Wildman–Crippen MR) is 98.4 cm³/mol. The third kappa shape index (κ3) is 4.68. The van der Waals surface area contributed by atoms with Crippen LogP contribution in [0.5, 0.6) is 0 Å². The second-order valence-corrected chi connectivity index (χ2v) is 9.10. The molecule has 2 aromatic rings. The molecular formula is C16H19BrN4O4S. The molecule has 0 spiro atoms. The predicted octanol–water partition coefficient (Wildman–Crippen LogP) is 1.79. The molecule has 0 unspecified atom stereocenters. The molecule has 0 bridgehead atoms. The molecule has 1 amide bonds. The summed E-state index contributed by atoms with van der Waals surface area (Å²) in [6, 6.07) is 7.50. The molecule has 0 aliphatic carbocycles. The highest BCUT2D eigenvalue weighted by Crippen LogP contribution is 2.21. The van der Waals surface area contributed by atoms with Crippen LogP contribution in [0.25, 0.3) is 11.4 Å². The lowest BCUT2D eigenvalue weighted by molar-refractivity contribution is -0.126. The first-order valence-corrected chi connectivity index (χ1v) is 10.8. The van der Waals surface area contributed by atoms with Crippen LogP contribution in [-0.2, 0) is 21.4 Å². The van der Waals surface area contributed by atoms with Gasteiger partial charge >= 0.3 is 0 Å². The Hall–Kier alpha value is -1.78. The summed E-state index contributed by atoms with van der Waals surface area (Å²) in [6.07, 6.45) is 2.49. The van der Waals surface area contributed by atoms with Crippen molar-refractivity contribution < 1.29 is 17.7 Å². The Labute approximate surface area is 160 Å². The fourth-order valence-electron chi connectivity index (χ4n) is 2.84. The Morgan fingerprint density at radius 1 is 1.46 bits per heavy atom. The lowest BCUT2D eigenvalue weighted by Gasteiger charge is -2.29. The van der Waals surface area contributed by atoms with Gasteiger partial charge in [-0.2, -0.15) is 4.98 Å². The summed E-state index contributed by atoms with van der Waals surface area (Å²) in [7, 11) is -3.28. The van der Waals surface area contributed by atoms with Gasteiger partial charge in [0.05, 0.1) is 18.7 Å². The maximum atomic E-state index is 12.3. The topological polar surface area (TPSA) is 105 Å². The minimum atomic E-state index is -3.28. The van der Waals surface area contributed by atoms with Crippen molar-refractivity contribution >= 4 is 31.9 Å². The molecule has 0 radical (unpaired) electrons. The van der Waals surface area contributed by atoms with Gasteiger partial charge in [-0.3, -0.25) is 4.79 Å². The monoisotopic (exact) mass is 442 g/mol. The molecule has 1 aromatic carbocycles. The number of aromatic nitrogens is 2. The average Bonchev–Trinajstić information content (AvgIpc) is 3.08. The van der Waals surface area contributed by atoms with Gasteiger partial charge in [0.15, 0.2) is 0 Å². The summed E-state index contributed by atoms with van der Waals surface area (Å²) >= 11 is 3.39. The van der Waals surface area contributed by atoms with E-state index in [1.54, 1.807) is 0 Å². The van der Waals surface area contributed by atoms with Gasteiger partial charge in [0.2, 0.25) is 27.6 Å². The van der Waals surface area contributed by atoms with E-state index in [0.29, 0.717) is 31.1 Å². The molecule has 1 N–H and O–H groups in total. The van der Waals surface area contributed by atoms with E-state index in [-0.39, 0.29) is 24.9 Å². The van der Waals surface area contributed by atoms with Crippen molar-refractivity contribution in [3.63, 3.8) is 0 Å². The zero-order valence-corrected chi connectivity index (χ0v) is 16.6. The molecule has 3 rings (SSSR count). The molecule has 1 atom stereocenters. The average molecular weight is 443 g/mol. The zero-order chi connectivity index (χ0) is 18.7. The number of piperidine rings is 1. The quantitative estimate of drug-likeness (QED) is 0.756. The van der Waals surface area contributed by atoms with Crippen LogP contribution in [0.3, 0.4) is 0 Å². The van der Waals surface area contributed by atoms with Gasteiger partial charge in [-0.15, -0.1) is 0 Å². The highest BCUT2D eigenvalue weighted by Gasteiger charge is 2.30. The lowest BCUT2D eigenvalue weighted by Crippen LogP contribution is -2.44. The summed E-state index contributed by atoms with van der Waals surface area (Å²) in [4.78, 5) is 16.6. The van der Waals surface area contributed by atoms with E-state index in [1.165, 1.54) is 4.31 Å². The van der Waals surface area contributed by atoms with E-state index in [2.05, 4.69) is 31.4 Å². The minimum Gasteiger partial charge on any atom is -0.347 e. The standard InChI is InChI=1S/C16H19BrN4O4S/c1-26(23,24)21-7-3-5-12(10-21)16(22)18-9-14-19-15(20-25-14)11-4-2-6-13(17)8-11/h2,4,6,8,12H,3,5,7,9-10H2,1H3,(H,18,22)/t12-/m0/s1. The van der Waals surface area contributed by atoms with Gasteiger partial charge in [0, 0.05) is 23.1 Å². The molecule has 1 fully saturated rings. The molecule has 2 heterocycles. The highest BCUT2D eigenvalue weighted by atomic mass is 79.9. The van der Waals surface area contributed by atoms with Crippen LogP contribution in [0, 0.1) is 5.92 Å². The number of amides is 1. The molecule has 8 nitrogen and oxygen atoms in total. The first-order chi connectivity index (χ1) is 12.3. The Morgan fingerprint density at radius 2 is 2.27 bits per heavy atom. The first kappa shape index (κ1) is 19.0. The van der Waals surface area contributed by atoms with Gasteiger partial charge < -0.3 is 9.84 Å². The van der Waals surface area contributed by atoms with Crippen molar-refractivity contribution in [2.45, 2.75) is 19.4 Å². The number of hydrogen-bond donors (Lipinski definition) is 1. The van der Waals surface area contributed by atoms with Crippen LogP contribution >= 0.6 is 15.9 Å². The molecular weight excluding hydrogens is 424 g/mol. The Kier molecular flexibility index (Phi) is 5.73. The van der Waals surface area contributed by atoms with Crippen molar-refractivity contribution in [2.75, 3.05) is 19.3 Å². The zero-order valence-electron chi connectivity index (χ0n) is 14.2. The summed E-state index contributed by atoms with van der Waals surface area (Å²) in [6.45, 7) is 0.773. The molecule has 140 valence electrons. The van der Waals surface area contributed by atoms with Gasteiger partial charge in [0.25, 0.3) is 0 Å². The number of halogens is 1. The third-order valence-corrected chi connectivity index (χ3v) is 5.95. The maximum Gasteiger partial charge on any atom is 0.246 e. The third-order valence-electron chi connectivity index (χ3n) is 4.19. The number of rotatable bonds is 5. The second kappa shape index (κ2) is 7.85. The Balaban J connectivity index is 1.58.